The topological polar surface area (TPSA) is 86.3 Å². The highest BCUT2D eigenvalue weighted by Crippen LogP contribution is 2.31. The summed E-state index contributed by atoms with van der Waals surface area (Å²) in [4.78, 5) is 0.204. The molecule has 0 amide bonds. The SMILES string of the molecule is COc1ccc(NS(=O)(=O)c2ccc3c(c2)c2ccc(N)cc2n3C)cc1. The average molecular weight is 381 g/mol. The van der Waals surface area contributed by atoms with Crippen molar-refractivity contribution in [1.82, 2.24) is 4.57 Å². The molecule has 1 heterocycles. The highest BCUT2D eigenvalue weighted by molar-refractivity contribution is 7.92. The first-order valence-electron chi connectivity index (χ1n) is 8.33. The Hall–Kier alpha value is -3.19. The number of hydrogen-bond donors (Lipinski definition) is 2. The summed E-state index contributed by atoms with van der Waals surface area (Å²) in [7, 11) is -0.217. The molecule has 0 saturated heterocycles. The molecule has 0 saturated carbocycles. The number of anilines is 2. The summed E-state index contributed by atoms with van der Waals surface area (Å²) in [5.41, 5.74) is 8.94. The maximum atomic E-state index is 12.8. The lowest BCUT2D eigenvalue weighted by molar-refractivity contribution is 0.415. The highest BCUT2D eigenvalue weighted by Gasteiger charge is 2.17. The van der Waals surface area contributed by atoms with Gasteiger partial charge in [-0.2, -0.15) is 0 Å². The smallest absolute Gasteiger partial charge is 0.261 e. The van der Waals surface area contributed by atoms with Crippen LogP contribution in [0.3, 0.4) is 0 Å². The minimum atomic E-state index is -3.72. The van der Waals surface area contributed by atoms with Crippen molar-refractivity contribution in [3.05, 3.63) is 60.7 Å². The monoisotopic (exact) mass is 381 g/mol. The second kappa shape index (κ2) is 6.21. The van der Waals surface area contributed by atoms with E-state index < -0.39 is 10.0 Å². The Balaban J connectivity index is 1.79. The van der Waals surface area contributed by atoms with Crippen molar-refractivity contribution in [1.29, 1.82) is 0 Å². The van der Waals surface area contributed by atoms with Gasteiger partial charge in [0.2, 0.25) is 0 Å². The molecular weight excluding hydrogens is 362 g/mol. The van der Waals surface area contributed by atoms with Gasteiger partial charge in [-0.1, -0.05) is 6.07 Å². The molecule has 0 unspecified atom stereocenters. The summed E-state index contributed by atoms with van der Waals surface area (Å²) in [5.74, 6) is 0.661. The van der Waals surface area contributed by atoms with Crippen molar-refractivity contribution in [3.8, 4) is 5.75 Å². The molecule has 3 N–H and O–H groups in total. The van der Waals surface area contributed by atoms with Crippen LogP contribution >= 0.6 is 0 Å². The first-order chi connectivity index (χ1) is 12.9. The van der Waals surface area contributed by atoms with E-state index in [0.29, 0.717) is 17.1 Å². The van der Waals surface area contributed by atoms with Crippen LogP contribution in [-0.2, 0) is 17.1 Å². The van der Waals surface area contributed by atoms with E-state index in [1.165, 1.54) is 0 Å². The fourth-order valence-corrected chi connectivity index (χ4v) is 4.33. The van der Waals surface area contributed by atoms with Crippen LogP contribution in [0.2, 0.25) is 0 Å². The Morgan fingerprint density at radius 3 is 2.37 bits per heavy atom. The zero-order valence-electron chi connectivity index (χ0n) is 14.9. The molecule has 1 aromatic heterocycles. The molecule has 0 spiro atoms. The largest absolute Gasteiger partial charge is 0.497 e. The Morgan fingerprint density at radius 1 is 0.926 bits per heavy atom. The van der Waals surface area contributed by atoms with Gasteiger partial charge in [-0.15, -0.1) is 0 Å². The number of methoxy groups -OCH3 is 1. The predicted octanol–water partition coefficient (Wildman–Crippen LogP) is 3.72. The Labute approximate surface area is 157 Å². The predicted molar refractivity (Wildman–Crippen MR) is 109 cm³/mol. The summed E-state index contributed by atoms with van der Waals surface area (Å²) < 4.78 is 35.4. The quantitative estimate of drug-likeness (QED) is 0.528. The van der Waals surface area contributed by atoms with E-state index in [9.17, 15) is 8.42 Å². The summed E-state index contributed by atoms with van der Waals surface area (Å²) in [6.45, 7) is 0. The molecule has 0 bridgehead atoms. The van der Waals surface area contributed by atoms with E-state index in [1.54, 1.807) is 43.5 Å². The third kappa shape index (κ3) is 2.96. The first-order valence-corrected chi connectivity index (χ1v) is 9.82. The molecule has 4 aromatic rings. The van der Waals surface area contributed by atoms with E-state index in [-0.39, 0.29) is 4.90 Å². The first kappa shape index (κ1) is 17.2. The fourth-order valence-electron chi connectivity index (χ4n) is 3.25. The molecule has 7 heteroatoms. The lowest BCUT2D eigenvalue weighted by atomic mass is 10.1. The summed E-state index contributed by atoms with van der Waals surface area (Å²) in [6.07, 6.45) is 0. The highest BCUT2D eigenvalue weighted by atomic mass is 32.2. The number of hydrogen-bond acceptors (Lipinski definition) is 4. The van der Waals surface area contributed by atoms with Gasteiger partial charge < -0.3 is 15.0 Å². The summed E-state index contributed by atoms with van der Waals surface area (Å²) in [6, 6.07) is 17.5. The third-order valence-corrected chi connectivity index (χ3v) is 6.03. The van der Waals surface area contributed by atoms with Gasteiger partial charge in [0.05, 0.1) is 17.5 Å². The molecule has 0 radical (unpaired) electrons. The number of nitrogen functional groups attached to an aromatic ring is 1. The minimum Gasteiger partial charge on any atom is -0.497 e. The third-order valence-electron chi connectivity index (χ3n) is 4.66. The van der Waals surface area contributed by atoms with Crippen LogP contribution in [0.1, 0.15) is 0 Å². The number of sulfonamides is 1. The molecule has 0 atom stereocenters. The number of nitrogens with one attached hydrogen (secondary N) is 1. The molecule has 6 nitrogen and oxygen atoms in total. The molecule has 0 aliphatic carbocycles. The lowest BCUT2D eigenvalue weighted by Crippen LogP contribution is -2.12. The van der Waals surface area contributed by atoms with E-state index in [4.69, 9.17) is 10.5 Å². The minimum absolute atomic E-state index is 0.204. The number of aromatic nitrogens is 1. The maximum Gasteiger partial charge on any atom is 0.261 e. The molecule has 0 aliphatic rings. The maximum absolute atomic E-state index is 12.8. The number of benzene rings is 3. The van der Waals surface area contributed by atoms with Crippen molar-refractivity contribution in [2.75, 3.05) is 17.6 Å². The molecule has 0 fully saturated rings. The van der Waals surface area contributed by atoms with Crippen molar-refractivity contribution < 1.29 is 13.2 Å². The van der Waals surface area contributed by atoms with Gasteiger partial charge in [-0.05, 0) is 54.6 Å². The zero-order chi connectivity index (χ0) is 19.2. The average Bonchev–Trinajstić information content (AvgIpc) is 2.93. The lowest BCUT2D eigenvalue weighted by Gasteiger charge is -2.09. The Morgan fingerprint density at radius 2 is 1.67 bits per heavy atom. The van der Waals surface area contributed by atoms with Crippen LogP contribution in [-0.4, -0.2) is 20.1 Å². The molecule has 3 aromatic carbocycles. The van der Waals surface area contributed by atoms with Crippen molar-refractivity contribution >= 4 is 43.2 Å². The molecular formula is C20H19N3O3S. The second-order valence-corrected chi connectivity index (χ2v) is 8.03. The van der Waals surface area contributed by atoms with Crippen LogP contribution in [0.25, 0.3) is 21.8 Å². The number of aryl methyl sites for hydroxylation is 1. The van der Waals surface area contributed by atoms with Gasteiger partial charge in [-0.25, -0.2) is 8.42 Å². The van der Waals surface area contributed by atoms with E-state index in [0.717, 1.165) is 21.8 Å². The van der Waals surface area contributed by atoms with E-state index >= 15 is 0 Å². The van der Waals surface area contributed by atoms with Gasteiger partial charge in [0.1, 0.15) is 5.75 Å². The van der Waals surface area contributed by atoms with Crippen LogP contribution in [0.15, 0.2) is 65.6 Å². The van der Waals surface area contributed by atoms with Gasteiger partial charge in [-0.3, -0.25) is 4.72 Å². The van der Waals surface area contributed by atoms with Crippen LogP contribution in [0, 0.1) is 0 Å². The number of ether oxygens (including phenoxy) is 1. The van der Waals surface area contributed by atoms with Gasteiger partial charge in [0.25, 0.3) is 10.0 Å². The van der Waals surface area contributed by atoms with Crippen LogP contribution in [0.5, 0.6) is 5.75 Å². The van der Waals surface area contributed by atoms with E-state index in [2.05, 4.69) is 4.72 Å². The van der Waals surface area contributed by atoms with Gasteiger partial charge in [0, 0.05) is 34.7 Å². The zero-order valence-corrected chi connectivity index (χ0v) is 15.7. The Kier molecular flexibility index (Phi) is 3.96. The number of rotatable bonds is 4. The molecule has 27 heavy (non-hydrogen) atoms. The summed E-state index contributed by atoms with van der Waals surface area (Å²) in [5, 5.41) is 1.83. The van der Waals surface area contributed by atoms with Crippen molar-refractivity contribution in [3.63, 3.8) is 0 Å². The van der Waals surface area contributed by atoms with Gasteiger partial charge >= 0.3 is 0 Å². The number of nitrogens with zero attached hydrogens (tertiary/aromatic N) is 1. The summed E-state index contributed by atoms with van der Waals surface area (Å²) >= 11 is 0. The number of fused-ring (bicyclic) bond motifs is 3. The van der Waals surface area contributed by atoms with Crippen LogP contribution in [0.4, 0.5) is 11.4 Å². The van der Waals surface area contributed by atoms with Crippen LogP contribution < -0.4 is 15.2 Å². The van der Waals surface area contributed by atoms with E-state index in [1.807, 2.05) is 35.9 Å². The fraction of sp³-hybridized carbons (Fsp3) is 0.100. The van der Waals surface area contributed by atoms with Gasteiger partial charge in [0.15, 0.2) is 0 Å². The van der Waals surface area contributed by atoms with Crippen molar-refractivity contribution in [2.24, 2.45) is 7.05 Å². The normalized spacial score (nSPS) is 11.8. The second-order valence-electron chi connectivity index (χ2n) is 6.35. The molecule has 138 valence electrons. The van der Waals surface area contributed by atoms with Crippen molar-refractivity contribution in [2.45, 2.75) is 4.90 Å². The molecule has 0 aliphatic heterocycles. The number of nitrogens with two attached hydrogens (primary N) is 1. The Bertz CT molecular complexity index is 1260. The molecule has 4 rings (SSSR count). The standard InChI is InChI=1S/C20H19N3O3S/c1-23-19-10-8-16(12-18(19)17-9-3-13(21)11-20(17)23)27(24,25)22-14-4-6-15(26-2)7-5-14/h3-12,22H,21H2,1-2H3.